The molecule has 4 heteroatoms. The molecule has 1 N–H and O–H groups in total. The van der Waals surface area contributed by atoms with Crippen LogP contribution in [0.15, 0.2) is 18.2 Å². The zero-order valence-electron chi connectivity index (χ0n) is 9.56. The van der Waals surface area contributed by atoms with Gasteiger partial charge in [-0.3, -0.25) is 0 Å². The molecule has 0 saturated heterocycles. The second-order valence-corrected chi connectivity index (χ2v) is 3.56. The zero-order chi connectivity index (χ0) is 11.8. The second-order valence-electron chi connectivity index (χ2n) is 3.56. The Morgan fingerprint density at radius 3 is 2.88 bits per heavy atom. The number of hydrogen-bond acceptors (Lipinski definition) is 4. The van der Waals surface area contributed by atoms with Crippen LogP contribution in [0.5, 0.6) is 0 Å². The van der Waals surface area contributed by atoms with E-state index in [9.17, 15) is 0 Å². The molecule has 1 aromatic heterocycles. The summed E-state index contributed by atoms with van der Waals surface area (Å²) >= 11 is 0. The van der Waals surface area contributed by atoms with Crippen molar-refractivity contribution in [2.24, 2.45) is 0 Å². The maximum Gasteiger partial charge on any atom is 0.142 e. The van der Waals surface area contributed by atoms with Gasteiger partial charge >= 0.3 is 0 Å². The highest BCUT2D eigenvalue weighted by molar-refractivity contribution is 5.41. The minimum Gasteiger partial charge on any atom is -0.395 e. The summed E-state index contributed by atoms with van der Waals surface area (Å²) in [5, 5.41) is 17.8. The zero-order valence-corrected chi connectivity index (χ0v) is 9.56. The first-order valence-electron chi connectivity index (χ1n) is 5.54. The van der Waals surface area contributed by atoms with E-state index in [2.05, 4.69) is 11.9 Å². The fourth-order valence-corrected chi connectivity index (χ4v) is 1.47. The number of rotatable bonds is 6. The molecular weight excluding hydrogens is 202 g/mol. The molecule has 0 atom stereocenters. The lowest BCUT2D eigenvalue weighted by Crippen LogP contribution is -2.28. The highest BCUT2D eigenvalue weighted by Crippen LogP contribution is 2.11. The monoisotopic (exact) mass is 219 g/mol. The largest absolute Gasteiger partial charge is 0.395 e. The summed E-state index contributed by atoms with van der Waals surface area (Å²) in [4.78, 5) is 6.22. The van der Waals surface area contributed by atoms with Crippen molar-refractivity contribution < 1.29 is 5.11 Å². The number of pyridine rings is 1. The molecule has 16 heavy (non-hydrogen) atoms. The first-order chi connectivity index (χ1) is 7.81. The minimum atomic E-state index is 0.0994. The topological polar surface area (TPSA) is 60.1 Å². The van der Waals surface area contributed by atoms with E-state index in [4.69, 9.17) is 10.4 Å². The average molecular weight is 219 g/mol. The van der Waals surface area contributed by atoms with E-state index in [1.165, 1.54) is 0 Å². The highest BCUT2D eigenvalue weighted by atomic mass is 16.3. The number of unbranched alkanes of at least 4 members (excludes halogenated alkanes) is 1. The van der Waals surface area contributed by atoms with Crippen LogP contribution in [0.3, 0.4) is 0 Å². The first kappa shape index (κ1) is 12.5. The Labute approximate surface area is 96.2 Å². The van der Waals surface area contributed by atoms with Gasteiger partial charge in [0.05, 0.1) is 6.61 Å². The minimum absolute atomic E-state index is 0.0994. The third-order valence-electron chi connectivity index (χ3n) is 2.32. The van der Waals surface area contributed by atoms with Gasteiger partial charge < -0.3 is 10.0 Å². The molecule has 0 radical (unpaired) electrons. The lowest BCUT2D eigenvalue weighted by Gasteiger charge is -2.22. The Balaban J connectivity index is 2.79. The molecule has 1 aromatic rings. The van der Waals surface area contributed by atoms with Crippen molar-refractivity contribution in [3.8, 4) is 6.07 Å². The van der Waals surface area contributed by atoms with Gasteiger partial charge in [0.25, 0.3) is 0 Å². The van der Waals surface area contributed by atoms with E-state index in [1.807, 2.05) is 23.1 Å². The van der Waals surface area contributed by atoms with Gasteiger partial charge in [-0.25, -0.2) is 4.98 Å². The van der Waals surface area contributed by atoms with Crippen LogP contribution in [0, 0.1) is 11.3 Å². The van der Waals surface area contributed by atoms with Gasteiger partial charge in [0.2, 0.25) is 0 Å². The predicted molar refractivity (Wildman–Crippen MR) is 63.2 cm³/mol. The quantitative estimate of drug-likeness (QED) is 0.788. The van der Waals surface area contributed by atoms with Crippen LogP contribution in [0.2, 0.25) is 0 Å². The molecule has 0 fully saturated rings. The SMILES string of the molecule is CCCCN(CCO)c1cccc(C#N)n1. The number of nitrogens with zero attached hydrogens (tertiary/aromatic N) is 3. The van der Waals surface area contributed by atoms with Crippen LogP contribution >= 0.6 is 0 Å². The molecule has 0 amide bonds. The third-order valence-corrected chi connectivity index (χ3v) is 2.32. The molecule has 4 nitrogen and oxygen atoms in total. The highest BCUT2D eigenvalue weighted by Gasteiger charge is 2.07. The number of anilines is 1. The van der Waals surface area contributed by atoms with Gasteiger partial charge in [-0.1, -0.05) is 19.4 Å². The number of nitriles is 1. The molecule has 86 valence electrons. The van der Waals surface area contributed by atoms with Gasteiger partial charge in [0, 0.05) is 13.1 Å². The van der Waals surface area contributed by atoms with Crippen molar-refractivity contribution in [3.63, 3.8) is 0 Å². The van der Waals surface area contributed by atoms with Gasteiger partial charge in [0.15, 0.2) is 0 Å². The number of aliphatic hydroxyl groups is 1. The van der Waals surface area contributed by atoms with Crippen molar-refractivity contribution in [1.29, 1.82) is 5.26 Å². The van der Waals surface area contributed by atoms with Crippen LogP contribution in [0.1, 0.15) is 25.5 Å². The van der Waals surface area contributed by atoms with Gasteiger partial charge in [-0.2, -0.15) is 5.26 Å². The van der Waals surface area contributed by atoms with E-state index in [0.717, 1.165) is 25.2 Å². The van der Waals surface area contributed by atoms with Crippen LogP contribution < -0.4 is 4.90 Å². The Kier molecular flexibility index (Phi) is 5.30. The van der Waals surface area contributed by atoms with Gasteiger partial charge in [-0.15, -0.1) is 0 Å². The molecule has 0 spiro atoms. The van der Waals surface area contributed by atoms with E-state index in [1.54, 1.807) is 6.07 Å². The Bertz CT molecular complexity index is 360. The third kappa shape index (κ3) is 3.52. The standard InChI is InChI=1S/C12H17N3O/c1-2-3-7-15(8-9-16)12-6-4-5-11(10-13)14-12/h4-6,16H,2-3,7-9H2,1H3. The first-order valence-corrected chi connectivity index (χ1v) is 5.54. The Morgan fingerprint density at radius 2 is 2.25 bits per heavy atom. The van der Waals surface area contributed by atoms with E-state index < -0.39 is 0 Å². The van der Waals surface area contributed by atoms with Crippen molar-refractivity contribution in [2.45, 2.75) is 19.8 Å². The van der Waals surface area contributed by atoms with Crippen LogP contribution in [0.25, 0.3) is 0 Å². The lowest BCUT2D eigenvalue weighted by atomic mass is 10.3. The van der Waals surface area contributed by atoms with E-state index in [-0.39, 0.29) is 6.61 Å². The van der Waals surface area contributed by atoms with Crippen molar-refractivity contribution >= 4 is 5.82 Å². The molecule has 0 bridgehead atoms. The van der Waals surface area contributed by atoms with Crippen molar-refractivity contribution in [1.82, 2.24) is 4.98 Å². The molecule has 1 rings (SSSR count). The van der Waals surface area contributed by atoms with Crippen LogP contribution in [0.4, 0.5) is 5.82 Å². The molecule has 0 saturated carbocycles. The summed E-state index contributed by atoms with van der Waals surface area (Å²) in [6.45, 7) is 3.64. The fourth-order valence-electron chi connectivity index (χ4n) is 1.47. The van der Waals surface area contributed by atoms with E-state index in [0.29, 0.717) is 12.2 Å². The summed E-state index contributed by atoms with van der Waals surface area (Å²) in [6.07, 6.45) is 2.15. The second kappa shape index (κ2) is 6.81. The van der Waals surface area contributed by atoms with Crippen molar-refractivity contribution in [3.05, 3.63) is 23.9 Å². The fraction of sp³-hybridized carbons (Fsp3) is 0.500. The maximum absolute atomic E-state index is 8.99. The Morgan fingerprint density at radius 1 is 1.44 bits per heavy atom. The molecule has 0 aliphatic rings. The number of aromatic nitrogens is 1. The van der Waals surface area contributed by atoms with Crippen molar-refractivity contribution in [2.75, 3.05) is 24.6 Å². The summed E-state index contributed by atoms with van der Waals surface area (Å²) in [5.74, 6) is 0.765. The normalized spacial score (nSPS) is 9.81. The number of aliphatic hydroxyl groups excluding tert-OH is 1. The molecule has 0 aliphatic carbocycles. The predicted octanol–water partition coefficient (Wildman–Crippen LogP) is 1.55. The molecule has 1 heterocycles. The number of hydrogen-bond donors (Lipinski definition) is 1. The lowest BCUT2D eigenvalue weighted by molar-refractivity contribution is 0.301. The molecule has 0 unspecified atom stereocenters. The Hall–Kier alpha value is -1.60. The summed E-state index contributed by atoms with van der Waals surface area (Å²) in [7, 11) is 0. The van der Waals surface area contributed by atoms with Crippen LogP contribution in [-0.4, -0.2) is 29.8 Å². The summed E-state index contributed by atoms with van der Waals surface area (Å²) in [6, 6.07) is 7.39. The summed E-state index contributed by atoms with van der Waals surface area (Å²) in [5.41, 5.74) is 0.414. The molecule has 0 aliphatic heterocycles. The molecular formula is C12H17N3O. The van der Waals surface area contributed by atoms with Gasteiger partial charge in [0.1, 0.15) is 17.6 Å². The van der Waals surface area contributed by atoms with Gasteiger partial charge in [-0.05, 0) is 18.6 Å². The smallest absolute Gasteiger partial charge is 0.142 e. The van der Waals surface area contributed by atoms with Crippen LogP contribution in [-0.2, 0) is 0 Å². The van der Waals surface area contributed by atoms with E-state index >= 15 is 0 Å². The maximum atomic E-state index is 8.99. The molecule has 0 aromatic carbocycles. The summed E-state index contributed by atoms with van der Waals surface area (Å²) < 4.78 is 0. The average Bonchev–Trinajstić information content (AvgIpc) is 2.34.